The van der Waals surface area contributed by atoms with Gasteiger partial charge in [-0.05, 0) is 18.2 Å². The fourth-order valence-electron chi connectivity index (χ4n) is 2.97. The van der Waals surface area contributed by atoms with Gasteiger partial charge in [-0.15, -0.1) is 0 Å². The number of fused-ring (bicyclic) bond motifs is 3. The summed E-state index contributed by atoms with van der Waals surface area (Å²) in [6.45, 7) is 0. The highest BCUT2D eigenvalue weighted by molar-refractivity contribution is 5.80. The minimum Gasteiger partial charge on any atom is -0.384 e. The van der Waals surface area contributed by atoms with Crippen molar-refractivity contribution in [1.82, 2.24) is 9.55 Å². The Balaban J connectivity index is 2.07. The van der Waals surface area contributed by atoms with Crippen LogP contribution in [0.2, 0.25) is 0 Å². The average Bonchev–Trinajstić information content (AvgIpc) is 2.92. The number of nitrogens with two attached hydrogens (primary N) is 1. The van der Waals surface area contributed by atoms with Crippen LogP contribution in [0.5, 0.6) is 0 Å². The van der Waals surface area contributed by atoms with Gasteiger partial charge in [0, 0.05) is 5.56 Å². The zero-order chi connectivity index (χ0) is 16.0. The van der Waals surface area contributed by atoms with Crippen LogP contribution in [0.1, 0.15) is 11.6 Å². The molecule has 2 aromatic carbocycles. The Morgan fingerprint density at radius 2 is 1.91 bits per heavy atom. The Bertz CT molecular complexity index is 996. The van der Waals surface area contributed by atoms with Gasteiger partial charge in [-0.25, -0.2) is 9.37 Å². The minimum atomic E-state index is -0.648. The molecule has 1 aliphatic heterocycles. The maximum atomic E-state index is 14.4. The summed E-state index contributed by atoms with van der Waals surface area (Å²) in [5.74, 6) is 0.309. The monoisotopic (exact) mass is 305 g/mol. The molecule has 0 amide bonds. The molecule has 0 saturated carbocycles. The van der Waals surface area contributed by atoms with Crippen LogP contribution in [-0.2, 0) is 0 Å². The number of rotatable bonds is 1. The summed E-state index contributed by atoms with van der Waals surface area (Å²) in [7, 11) is 0. The van der Waals surface area contributed by atoms with Crippen LogP contribution in [0.3, 0.4) is 0 Å². The molecule has 0 fully saturated rings. The topological polar surface area (TPSA) is 79.7 Å². The molecule has 1 unspecified atom stereocenters. The average molecular weight is 305 g/mol. The van der Waals surface area contributed by atoms with Crippen molar-refractivity contribution in [3.63, 3.8) is 0 Å². The fraction of sp³-hybridized carbons (Fsp3) is 0.0588. The van der Waals surface area contributed by atoms with Crippen LogP contribution in [0.15, 0.2) is 59.9 Å². The predicted octanol–water partition coefficient (Wildman–Crippen LogP) is 2.88. The molecule has 4 rings (SSSR count). The highest BCUT2D eigenvalue weighted by Gasteiger charge is 2.32. The van der Waals surface area contributed by atoms with E-state index in [0.29, 0.717) is 11.5 Å². The second-order valence-electron chi connectivity index (χ2n) is 5.28. The third-order valence-electron chi connectivity index (χ3n) is 3.98. The van der Waals surface area contributed by atoms with Gasteiger partial charge in [0.2, 0.25) is 5.95 Å². The van der Waals surface area contributed by atoms with E-state index in [2.05, 4.69) is 16.4 Å². The van der Waals surface area contributed by atoms with Gasteiger partial charge >= 0.3 is 0 Å². The lowest BCUT2D eigenvalue weighted by atomic mass is 9.97. The molecule has 1 atom stereocenters. The molecule has 3 N–H and O–H groups in total. The Morgan fingerprint density at radius 1 is 1.17 bits per heavy atom. The molecule has 5 nitrogen and oxygen atoms in total. The molecule has 0 saturated heterocycles. The summed E-state index contributed by atoms with van der Waals surface area (Å²) in [4.78, 5) is 4.48. The lowest BCUT2D eigenvalue weighted by molar-refractivity contribution is 0.574. The van der Waals surface area contributed by atoms with E-state index in [1.165, 1.54) is 6.07 Å². The van der Waals surface area contributed by atoms with Gasteiger partial charge < -0.3 is 11.1 Å². The van der Waals surface area contributed by atoms with E-state index in [1.807, 2.05) is 28.8 Å². The first-order valence-electron chi connectivity index (χ1n) is 7.09. The molecule has 6 heteroatoms. The van der Waals surface area contributed by atoms with Crippen molar-refractivity contribution in [2.45, 2.75) is 6.04 Å². The normalized spacial score (nSPS) is 16.8. The second-order valence-corrected chi connectivity index (χ2v) is 5.28. The minimum absolute atomic E-state index is 0.198. The van der Waals surface area contributed by atoms with Crippen molar-refractivity contribution >= 4 is 17.0 Å². The smallest absolute Gasteiger partial charge is 0.210 e. The second kappa shape index (κ2) is 4.85. The fourth-order valence-corrected chi connectivity index (χ4v) is 2.97. The SMILES string of the molecule is N#CC1=C(N)Nc2nc3ccccc3n2C1c1ccccc1F. The van der Waals surface area contributed by atoms with Gasteiger partial charge in [-0.2, -0.15) is 5.26 Å². The maximum absolute atomic E-state index is 14.4. The van der Waals surface area contributed by atoms with Gasteiger partial charge in [0.25, 0.3) is 0 Å². The summed E-state index contributed by atoms with van der Waals surface area (Å²) in [6.07, 6.45) is 0. The molecule has 1 aliphatic rings. The quantitative estimate of drug-likeness (QED) is 0.724. The van der Waals surface area contributed by atoms with E-state index in [9.17, 15) is 9.65 Å². The first-order valence-corrected chi connectivity index (χ1v) is 7.09. The number of nitrogens with one attached hydrogen (secondary N) is 1. The third-order valence-corrected chi connectivity index (χ3v) is 3.98. The number of nitrogens with zero attached hydrogens (tertiary/aromatic N) is 3. The Kier molecular flexibility index (Phi) is 2.81. The van der Waals surface area contributed by atoms with Gasteiger partial charge in [0.15, 0.2) is 0 Å². The van der Waals surface area contributed by atoms with E-state index in [4.69, 9.17) is 5.73 Å². The van der Waals surface area contributed by atoms with Crippen LogP contribution in [-0.4, -0.2) is 9.55 Å². The lowest BCUT2D eigenvalue weighted by Gasteiger charge is -2.27. The molecular formula is C17H12FN5. The molecule has 112 valence electrons. The number of halogens is 1. The van der Waals surface area contributed by atoms with E-state index in [1.54, 1.807) is 18.2 Å². The molecule has 0 radical (unpaired) electrons. The summed E-state index contributed by atoms with van der Waals surface area (Å²) in [5.41, 5.74) is 8.19. The highest BCUT2D eigenvalue weighted by atomic mass is 19.1. The van der Waals surface area contributed by atoms with Crippen molar-refractivity contribution in [1.29, 1.82) is 5.26 Å². The highest BCUT2D eigenvalue weighted by Crippen LogP contribution is 2.38. The van der Waals surface area contributed by atoms with Crippen molar-refractivity contribution in [2.75, 3.05) is 5.32 Å². The Hall–Kier alpha value is -3.33. The Labute approximate surface area is 131 Å². The molecule has 0 bridgehead atoms. The van der Waals surface area contributed by atoms with Gasteiger partial charge in [-0.1, -0.05) is 30.3 Å². The van der Waals surface area contributed by atoms with Crippen LogP contribution in [0.4, 0.5) is 10.3 Å². The van der Waals surface area contributed by atoms with Crippen molar-refractivity contribution in [3.05, 3.63) is 71.3 Å². The first-order chi connectivity index (χ1) is 11.2. The van der Waals surface area contributed by atoms with E-state index >= 15 is 0 Å². The molecule has 0 aliphatic carbocycles. The van der Waals surface area contributed by atoms with Gasteiger partial charge in [0.1, 0.15) is 23.7 Å². The molecule has 23 heavy (non-hydrogen) atoms. The number of hydrogen-bond acceptors (Lipinski definition) is 4. The predicted molar refractivity (Wildman–Crippen MR) is 84.7 cm³/mol. The lowest BCUT2D eigenvalue weighted by Crippen LogP contribution is -2.28. The number of benzene rings is 2. The number of para-hydroxylation sites is 2. The van der Waals surface area contributed by atoms with Crippen molar-refractivity contribution in [2.24, 2.45) is 5.73 Å². The van der Waals surface area contributed by atoms with Crippen LogP contribution < -0.4 is 11.1 Å². The van der Waals surface area contributed by atoms with E-state index in [0.717, 1.165) is 11.0 Å². The molecular weight excluding hydrogens is 293 g/mol. The zero-order valence-corrected chi connectivity index (χ0v) is 12.0. The number of allylic oxidation sites excluding steroid dienone is 1. The van der Waals surface area contributed by atoms with E-state index in [-0.39, 0.29) is 17.2 Å². The Morgan fingerprint density at radius 3 is 2.70 bits per heavy atom. The zero-order valence-electron chi connectivity index (χ0n) is 12.0. The summed E-state index contributed by atoms with van der Waals surface area (Å²) < 4.78 is 16.2. The summed E-state index contributed by atoms with van der Waals surface area (Å²) in [5, 5.41) is 12.5. The molecule has 0 spiro atoms. The van der Waals surface area contributed by atoms with Gasteiger partial charge in [0.05, 0.1) is 16.6 Å². The first kappa shape index (κ1) is 13.3. The van der Waals surface area contributed by atoms with Crippen LogP contribution in [0, 0.1) is 17.1 Å². The number of aromatic nitrogens is 2. The number of anilines is 1. The third kappa shape index (κ3) is 1.87. The van der Waals surface area contributed by atoms with Gasteiger partial charge in [-0.3, -0.25) is 4.57 Å². The summed E-state index contributed by atoms with van der Waals surface area (Å²) in [6, 6.07) is 15.4. The molecule has 1 aromatic heterocycles. The largest absolute Gasteiger partial charge is 0.384 e. The molecule has 3 aromatic rings. The number of hydrogen-bond donors (Lipinski definition) is 2. The summed E-state index contributed by atoms with van der Waals surface area (Å²) >= 11 is 0. The number of nitriles is 1. The van der Waals surface area contributed by atoms with Crippen molar-refractivity contribution < 1.29 is 4.39 Å². The van der Waals surface area contributed by atoms with Crippen LogP contribution in [0.25, 0.3) is 11.0 Å². The maximum Gasteiger partial charge on any atom is 0.210 e. The molecule has 2 heterocycles. The van der Waals surface area contributed by atoms with E-state index < -0.39 is 6.04 Å². The van der Waals surface area contributed by atoms with Crippen molar-refractivity contribution in [3.8, 4) is 6.07 Å². The number of imidazole rings is 1. The van der Waals surface area contributed by atoms with Crippen LogP contribution >= 0.6 is 0 Å². The standard InChI is InChI=1S/C17H12FN5/c18-12-6-2-1-5-10(12)15-11(9-19)16(20)22-17-21-13-7-3-4-8-14(13)23(15)17/h1-8,15H,20H2,(H,21,22).